The summed E-state index contributed by atoms with van der Waals surface area (Å²) in [5.41, 5.74) is 5.06. The molecule has 2 aromatic rings. The Morgan fingerprint density at radius 2 is 1.56 bits per heavy atom. The third-order valence-electron chi connectivity index (χ3n) is 2.56. The highest BCUT2D eigenvalue weighted by Crippen LogP contribution is 2.18. The van der Waals surface area contributed by atoms with E-state index in [2.05, 4.69) is 38.0 Å². The fourth-order valence-corrected chi connectivity index (χ4v) is 1.60. The summed E-state index contributed by atoms with van der Waals surface area (Å²) in [5.74, 6) is 0. The molecule has 0 N–H and O–H groups in total. The van der Waals surface area contributed by atoms with Crippen LogP contribution < -0.4 is 0 Å². The average molecular weight is 216 g/mol. The summed E-state index contributed by atoms with van der Waals surface area (Å²) in [6, 6.07) is 6.32. The smallest absolute Gasteiger partial charge is 0.0677 e. The molecule has 2 heteroatoms. The summed E-state index contributed by atoms with van der Waals surface area (Å²) in [4.78, 5) is 0. The molecule has 0 aliphatic carbocycles. The zero-order chi connectivity index (χ0) is 12.1. The molecule has 16 heavy (non-hydrogen) atoms. The molecular weight excluding hydrogens is 196 g/mol. The van der Waals surface area contributed by atoms with E-state index < -0.39 is 0 Å². The topological polar surface area (TPSA) is 17.8 Å². The first-order valence-electron chi connectivity index (χ1n) is 5.76. The molecule has 0 saturated carbocycles. The minimum Gasteiger partial charge on any atom is -0.241 e. The van der Waals surface area contributed by atoms with Crippen molar-refractivity contribution in [2.75, 3.05) is 0 Å². The first kappa shape index (κ1) is 12.5. The van der Waals surface area contributed by atoms with Gasteiger partial charge in [0.05, 0.1) is 5.69 Å². The Balaban J connectivity index is 0.000000606. The number of hydrogen-bond acceptors (Lipinski definition) is 1. The lowest BCUT2D eigenvalue weighted by atomic mass is 10.1. The highest BCUT2D eigenvalue weighted by molar-refractivity contribution is 5.45. The fourth-order valence-electron chi connectivity index (χ4n) is 1.60. The van der Waals surface area contributed by atoms with E-state index in [0.717, 1.165) is 5.69 Å². The second-order valence-electron chi connectivity index (χ2n) is 3.67. The van der Waals surface area contributed by atoms with E-state index in [-0.39, 0.29) is 0 Å². The number of benzene rings is 1. The molecule has 0 atom stereocenters. The van der Waals surface area contributed by atoms with Crippen LogP contribution in [-0.4, -0.2) is 9.78 Å². The molecule has 0 saturated heterocycles. The molecule has 0 bridgehead atoms. The Bertz CT molecular complexity index is 442. The molecule has 1 aromatic heterocycles. The summed E-state index contributed by atoms with van der Waals surface area (Å²) >= 11 is 0. The van der Waals surface area contributed by atoms with Crippen molar-refractivity contribution in [3.63, 3.8) is 0 Å². The summed E-state index contributed by atoms with van der Waals surface area (Å²) < 4.78 is 1.90. The van der Waals surface area contributed by atoms with Crippen LogP contribution in [0.15, 0.2) is 30.6 Å². The van der Waals surface area contributed by atoms with Gasteiger partial charge in [0.25, 0.3) is 0 Å². The van der Waals surface area contributed by atoms with Crippen molar-refractivity contribution in [3.8, 4) is 5.69 Å². The van der Waals surface area contributed by atoms with Crippen molar-refractivity contribution in [3.05, 3.63) is 47.3 Å². The molecule has 0 unspecified atom stereocenters. The average Bonchev–Trinajstić information content (AvgIpc) is 2.79. The summed E-state index contributed by atoms with van der Waals surface area (Å²) in [6.45, 7) is 10.4. The van der Waals surface area contributed by atoms with Gasteiger partial charge in [-0.25, -0.2) is 4.68 Å². The monoisotopic (exact) mass is 216 g/mol. The zero-order valence-electron chi connectivity index (χ0n) is 10.8. The molecule has 1 heterocycles. The van der Waals surface area contributed by atoms with E-state index >= 15 is 0 Å². The van der Waals surface area contributed by atoms with Gasteiger partial charge in [0.2, 0.25) is 0 Å². The lowest BCUT2D eigenvalue weighted by Gasteiger charge is -2.09. The van der Waals surface area contributed by atoms with Gasteiger partial charge >= 0.3 is 0 Å². The Hall–Kier alpha value is -1.57. The van der Waals surface area contributed by atoms with Gasteiger partial charge < -0.3 is 0 Å². The van der Waals surface area contributed by atoms with Crippen LogP contribution in [-0.2, 0) is 0 Å². The van der Waals surface area contributed by atoms with Crippen LogP contribution in [0.3, 0.4) is 0 Å². The standard InChI is InChI=1S/C12H14N2.C2H6/c1-9-7-11(3)12(8-10(9)2)14-6-4-5-13-14;1-2/h4-8H,1-3H3;1-2H3. The molecule has 0 fully saturated rings. The molecular formula is C14H20N2. The van der Waals surface area contributed by atoms with Crippen LogP contribution in [0.4, 0.5) is 0 Å². The van der Waals surface area contributed by atoms with Crippen LogP contribution in [0.1, 0.15) is 30.5 Å². The van der Waals surface area contributed by atoms with Crippen molar-refractivity contribution < 1.29 is 0 Å². The second kappa shape index (κ2) is 5.50. The van der Waals surface area contributed by atoms with Crippen LogP contribution in [0.2, 0.25) is 0 Å². The van der Waals surface area contributed by atoms with Gasteiger partial charge in [0, 0.05) is 12.4 Å². The van der Waals surface area contributed by atoms with Crippen LogP contribution in [0.5, 0.6) is 0 Å². The van der Waals surface area contributed by atoms with Crippen LogP contribution >= 0.6 is 0 Å². The largest absolute Gasteiger partial charge is 0.241 e. The van der Waals surface area contributed by atoms with Crippen LogP contribution in [0, 0.1) is 20.8 Å². The van der Waals surface area contributed by atoms with Crippen molar-refractivity contribution in [1.82, 2.24) is 9.78 Å². The lowest BCUT2D eigenvalue weighted by molar-refractivity contribution is 0.870. The highest BCUT2D eigenvalue weighted by atomic mass is 15.3. The first-order valence-corrected chi connectivity index (χ1v) is 5.76. The van der Waals surface area contributed by atoms with E-state index in [1.54, 1.807) is 6.20 Å². The quantitative estimate of drug-likeness (QED) is 0.708. The van der Waals surface area contributed by atoms with Crippen molar-refractivity contribution >= 4 is 0 Å². The Labute approximate surface area is 97.9 Å². The minimum absolute atomic E-state index is 1.16. The second-order valence-corrected chi connectivity index (χ2v) is 3.67. The molecule has 1 aromatic carbocycles. The maximum absolute atomic E-state index is 4.23. The van der Waals surface area contributed by atoms with E-state index in [4.69, 9.17) is 0 Å². The van der Waals surface area contributed by atoms with Crippen molar-refractivity contribution in [2.45, 2.75) is 34.6 Å². The van der Waals surface area contributed by atoms with Gasteiger partial charge in [-0.15, -0.1) is 0 Å². The Morgan fingerprint density at radius 1 is 0.938 bits per heavy atom. The number of aryl methyl sites for hydroxylation is 3. The van der Waals surface area contributed by atoms with E-state index in [0.29, 0.717) is 0 Å². The third kappa shape index (κ3) is 2.51. The van der Waals surface area contributed by atoms with Gasteiger partial charge in [0.15, 0.2) is 0 Å². The molecule has 0 radical (unpaired) electrons. The van der Waals surface area contributed by atoms with Gasteiger partial charge in [-0.3, -0.25) is 0 Å². The maximum Gasteiger partial charge on any atom is 0.0677 e. The van der Waals surface area contributed by atoms with Crippen molar-refractivity contribution in [2.24, 2.45) is 0 Å². The molecule has 2 nitrogen and oxygen atoms in total. The number of nitrogens with zero attached hydrogens (tertiary/aromatic N) is 2. The number of rotatable bonds is 1. The maximum atomic E-state index is 4.23. The predicted octanol–water partition coefficient (Wildman–Crippen LogP) is 3.82. The zero-order valence-corrected chi connectivity index (χ0v) is 10.8. The van der Waals surface area contributed by atoms with Crippen LogP contribution in [0.25, 0.3) is 5.69 Å². The SMILES string of the molecule is CC.Cc1cc(C)c(-n2cccn2)cc1C. The predicted molar refractivity (Wildman–Crippen MR) is 69.1 cm³/mol. The lowest BCUT2D eigenvalue weighted by Crippen LogP contribution is -1.99. The molecule has 0 aliphatic rings. The summed E-state index contributed by atoms with van der Waals surface area (Å²) in [5, 5.41) is 4.23. The number of aromatic nitrogens is 2. The van der Waals surface area contributed by atoms with E-state index in [9.17, 15) is 0 Å². The first-order chi connectivity index (χ1) is 7.68. The molecule has 2 rings (SSSR count). The number of hydrogen-bond donors (Lipinski definition) is 0. The van der Waals surface area contributed by atoms with Gasteiger partial charge in [-0.05, 0) is 49.6 Å². The molecule has 0 amide bonds. The highest BCUT2D eigenvalue weighted by Gasteiger charge is 2.03. The fraction of sp³-hybridized carbons (Fsp3) is 0.357. The molecule has 86 valence electrons. The minimum atomic E-state index is 1.16. The summed E-state index contributed by atoms with van der Waals surface area (Å²) in [7, 11) is 0. The third-order valence-corrected chi connectivity index (χ3v) is 2.56. The van der Waals surface area contributed by atoms with E-state index in [1.165, 1.54) is 16.7 Å². The van der Waals surface area contributed by atoms with Gasteiger partial charge in [-0.1, -0.05) is 19.9 Å². The Kier molecular flexibility index (Phi) is 4.29. The molecule has 0 aliphatic heterocycles. The van der Waals surface area contributed by atoms with Gasteiger partial charge in [-0.2, -0.15) is 5.10 Å². The normalized spacial score (nSPS) is 9.56. The van der Waals surface area contributed by atoms with E-state index in [1.807, 2.05) is 30.8 Å². The van der Waals surface area contributed by atoms with Gasteiger partial charge in [0.1, 0.15) is 0 Å². The Morgan fingerprint density at radius 3 is 2.12 bits per heavy atom. The van der Waals surface area contributed by atoms with Crippen molar-refractivity contribution in [1.29, 1.82) is 0 Å². The molecule has 0 spiro atoms. The summed E-state index contributed by atoms with van der Waals surface area (Å²) in [6.07, 6.45) is 3.77.